The Bertz CT molecular complexity index is 534. The van der Waals surface area contributed by atoms with Gasteiger partial charge in [-0.05, 0) is 44.0 Å². The molecule has 126 valence electrons. The number of carbonyl (C=O) groups is 3. The summed E-state index contributed by atoms with van der Waals surface area (Å²) in [6.45, 7) is 7.07. The van der Waals surface area contributed by atoms with Crippen LogP contribution in [0.15, 0.2) is 24.3 Å². The van der Waals surface area contributed by atoms with Crippen LogP contribution in [0.5, 0.6) is 0 Å². The van der Waals surface area contributed by atoms with Gasteiger partial charge in [0.05, 0.1) is 12.2 Å². The van der Waals surface area contributed by atoms with Gasteiger partial charge in [-0.1, -0.05) is 13.8 Å². The van der Waals surface area contributed by atoms with Crippen LogP contribution >= 0.6 is 0 Å². The van der Waals surface area contributed by atoms with E-state index in [1.165, 1.54) is 0 Å². The van der Waals surface area contributed by atoms with Crippen molar-refractivity contribution in [2.75, 3.05) is 25.0 Å². The molecule has 23 heavy (non-hydrogen) atoms. The molecule has 0 fully saturated rings. The second kappa shape index (κ2) is 9.61. The molecule has 0 heterocycles. The van der Waals surface area contributed by atoms with Gasteiger partial charge in [-0.25, -0.2) is 4.79 Å². The number of benzene rings is 1. The van der Waals surface area contributed by atoms with Crippen LogP contribution in [-0.2, 0) is 14.3 Å². The van der Waals surface area contributed by atoms with Crippen LogP contribution in [-0.4, -0.2) is 42.4 Å². The first-order chi connectivity index (χ1) is 11.0. The molecule has 0 atom stereocenters. The minimum atomic E-state index is -0.671. The molecule has 0 aliphatic carbocycles. The van der Waals surface area contributed by atoms with Gasteiger partial charge in [0.25, 0.3) is 0 Å². The maximum absolute atomic E-state index is 12.1. The van der Waals surface area contributed by atoms with E-state index in [1.54, 1.807) is 36.1 Å². The lowest BCUT2D eigenvalue weighted by molar-refractivity contribution is -0.143. The van der Waals surface area contributed by atoms with Gasteiger partial charge in [0.1, 0.15) is 0 Å². The smallest absolute Gasteiger partial charge is 0.338 e. The number of hydrogen-bond donors (Lipinski definition) is 1. The molecule has 2 amide bonds. The quantitative estimate of drug-likeness (QED) is 0.618. The Balaban J connectivity index is 2.69. The van der Waals surface area contributed by atoms with Crippen LogP contribution in [0, 0.1) is 0 Å². The van der Waals surface area contributed by atoms with Crippen LogP contribution < -0.4 is 5.32 Å². The molecule has 0 saturated carbocycles. The third kappa shape index (κ3) is 5.73. The monoisotopic (exact) mass is 320 g/mol. The molecule has 0 spiro atoms. The summed E-state index contributed by atoms with van der Waals surface area (Å²) >= 11 is 0. The van der Waals surface area contributed by atoms with Crippen LogP contribution in [0.1, 0.15) is 44.0 Å². The summed E-state index contributed by atoms with van der Waals surface area (Å²) in [5, 5.41) is 2.55. The van der Waals surface area contributed by atoms with E-state index in [9.17, 15) is 14.4 Å². The van der Waals surface area contributed by atoms with Gasteiger partial charge in [-0.2, -0.15) is 0 Å². The Kier molecular flexibility index (Phi) is 7.80. The summed E-state index contributed by atoms with van der Waals surface area (Å²) in [7, 11) is 0. The van der Waals surface area contributed by atoms with Crippen LogP contribution in [0.2, 0.25) is 0 Å². The van der Waals surface area contributed by atoms with E-state index in [2.05, 4.69) is 5.32 Å². The lowest BCUT2D eigenvalue weighted by Gasteiger charge is -2.20. The van der Waals surface area contributed by atoms with E-state index in [1.807, 2.05) is 13.8 Å². The second-order valence-corrected chi connectivity index (χ2v) is 5.04. The number of nitrogens with zero attached hydrogens (tertiary/aromatic N) is 1. The normalized spacial score (nSPS) is 10.0. The average molecular weight is 320 g/mol. The zero-order chi connectivity index (χ0) is 17.2. The maximum Gasteiger partial charge on any atom is 0.338 e. The number of rotatable bonds is 7. The number of nitrogens with one attached hydrogen (secondary N) is 1. The lowest BCUT2D eigenvalue weighted by Crippen LogP contribution is -2.40. The fraction of sp³-hybridized carbons (Fsp3) is 0.471. The van der Waals surface area contributed by atoms with Crippen molar-refractivity contribution >= 4 is 23.5 Å². The Labute approximate surface area is 136 Å². The number of hydrogen-bond acceptors (Lipinski definition) is 4. The van der Waals surface area contributed by atoms with Crippen molar-refractivity contribution in [3.05, 3.63) is 29.8 Å². The second-order valence-electron chi connectivity index (χ2n) is 5.04. The van der Waals surface area contributed by atoms with Crippen LogP contribution in [0.4, 0.5) is 5.69 Å². The van der Waals surface area contributed by atoms with Crippen molar-refractivity contribution in [2.24, 2.45) is 0 Å². The predicted molar refractivity (Wildman–Crippen MR) is 88.2 cm³/mol. The highest BCUT2D eigenvalue weighted by molar-refractivity contribution is 6.39. The van der Waals surface area contributed by atoms with E-state index in [-0.39, 0.29) is 0 Å². The molecule has 6 heteroatoms. The number of anilines is 1. The highest BCUT2D eigenvalue weighted by Gasteiger charge is 2.20. The number of carbonyl (C=O) groups excluding carboxylic acids is 3. The largest absolute Gasteiger partial charge is 0.462 e. The van der Waals surface area contributed by atoms with Gasteiger partial charge in [-0.15, -0.1) is 0 Å². The Hall–Kier alpha value is -2.37. The van der Waals surface area contributed by atoms with E-state index in [0.717, 1.165) is 12.8 Å². The SMILES string of the molecule is CCCN(CCC)C(=O)C(=O)Nc1ccc(C(=O)OCC)cc1. The molecule has 1 N–H and O–H groups in total. The van der Waals surface area contributed by atoms with Gasteiger partial charge in [-0.3, -0.25) is 9.59 Å². The Morgan fingerprint density at radius 2 is 1.57 bits per heavy atom. The van der Waals surface area contributed by atoms with Gasteiger partial charge in [0, 0.05) is 18.8 Å². The fourth-order valence-corrected chi connectivity index (χ4v) is 2.09. The molecule has 0 bridgehead atoms. The van der Waals surface area contributed by atoms with Gasteiger partial charge in [0.2, 0.25) is 0 Å². The summed E-state index contributed by atoms with van der Waals surface area (Å²) in [5.74, 6) is -1.63. The highest BCUT2D eigenvalue weighted by Crippen LogP contribution is 2.11. The zero-order valence-electron chi connectivity index (χ0n) is 13.9. The first-order valence-corrected chi connectivity index (χ1v) is 7.90. The number of amides is 2. The highest BCUT2D eigenvalue weighted by atomic mass is 16.5. The standard InChI is InChI=1S/C17H24N2O4/c1-4-11-19(12-5-2)16(21)15(20)18-14-9-7-13(8-10-14)17(22)23-6-3/h7-10H,4-6,11-12H2,1-3H3,(H,18,20). The van der Waals surface area contributed by atoms with Crippen LogP contribution in [0.3, 0.4) is 0 Å². The van der Waals surface area contributed by atoms with Gasteiger partial charge in [0.15, 0.2) is 0 Å². The fourth-order valence-electron chi connectivity index (χ4n) is 2.09. The molecule has 0 saturated heterocycles. The summed E-state index contributed by atoms with van der Waals surface area (Å²) in [5.41, 5.74) is 0.860. The van der Waals surface area contributed by atoms with Gasteiger partial charge < -0.3 is 15.0 Å². The van der Waals surface area contributed by atoms with E-state index in [4.69, 9.17) is 4.74 Å². The van der Waals surface area contributed by atoms with E-state index in [0.29, 0.717) is 30.9 Å². The van der Waals surface area contributed by atoms with E-state index < -0.39 is 17.8 Å². The molecule has 0 aromatic heterocycles. The zero-order valence-corrected chi connectivity index (χ0v) is 13.9. The maximum atomic E-state index is 12.1. The number of ether oxygens (including phenoxy) is 1. The Morgan fingerprint density at radius 1 is 1.00 bits per heavy atom. The summed E-state index contributed by atoms with van der Waals surface area (Å²) in [6.07, 6.45) is 1.60. The summed E-state index contributed by atoms with van der Waals surface area (Å²) in [6, 6.07) is 6.24. The van der Waals surface area contributed by atoms with Gasteiger partial charge >= 0.3 is 17.8 Å². The van der Waals surface area contributed by atoms with Crippen LogP contribution in [0.25, 0.3) is 0 Å². The Morgan fingerprint density at radius 3 is 2.04 bits per heavy atom. The first kappa shape index (κ1) is 18.7. The molecule has 1 rings (SSSR count). The third-order valence-corrected chi connectivity index (χ3v) is 3.12. The molecular weight excluding hydrogens is 296 g/mol. The minimum Gasteiger partial charge on any atom is -0.462 e. The van der Waals surface area contributed by atoms with Crippen molar-refractivity contribution < 1.29 is 19.1 Å². The van der Waals surface area contributed by atoms with Crippen molar-refractivity contribution in [2.45, 2.75) is 33.6 Å². The van der Waals surface area contributed by atoms with E-state index >= 15 is 0 Å². The third-order valence-electron chi connectivity index (χ3n) is 3.12. The molecule has 1 aromatic rings. The number of esters is 1. The molecule has 0 unspecified atom stereocenters. The first-order valence-electron chi connectivity index (χ1n) is 7.90. The summed E-state index contributed by atoms with van der Waals surface area (Å²) < 4.78 is 4.89. The molecule has 6 nitrogen and oxygen atoms in total. The topological polar surface area (TPSA) is 75.7 Å². The average Bonchev–Trinajstić information content (AvgIpc) is 2.54. The summed E-state index contributed by atoms with van der Waals surface area (Å²) in [4.78, 5) is 37.3. The molecule has 0 aliphatic rings. The molecule has 0 aliphatic heterocycles. The van der Waals surface area contributed by atoms with Crippen molar-refractivity contribution in [1.29, 1.82) is 0 Å². The van der Waals surface area contributed by atoms with Crippen molar-refractivity contribution in [3.8, 4) is 0 Å². The minimum absolute atomic E-state index is 0.302. The lowest BCUT2D eigenvalue weighted by atomic mass is 10.2. The predicted octanol–water partition coefficient (Wildman–Crippen LogP) is 2.45. The van der Waals surface area contributed by atoms with Crippen molar-refractivity contribution in [1.82, 2.24) is 4.90 Å². The molecule has 0 radical (unpaired) electrons. The van der Waals surface area contributed by atoms with Crippen molar-refractivity contribution in [3.63, 3.8) is 0 Å². The molecule has 1 aromatic carbocycles. The molecular formula is C17H24N2O4.